The molecular weight excluding hydrogens is 312 g/mol. The molecule has 1 aliphatic heterocycles. The van der Waals surface area contributed by atoms with Crippen LogP contribution in [0.25, 0.3) is 0 Å². The van der Waals surface area contributed by atoms with Gasteiger partial charge in [-0.05, 0) is 41.4 Å². The zero-order valence-corrected chi connectivity index (χ0v) is 12.4. The highest BCUT2D eigenvalue weighted by Gasteiger charge is 2.36. The maximum atomic E-state index is 11.3. The third kappa shape index (κ3) is 3.52. The first kappa shape index (κ1) is 14.4. The highest BCUT2D eigenvalue weighted by atomic mass is 79.9. The Morgan fingerprint density at radius 3 is 3.00 bits per heavy atom. The van der Waals surface area contributed by atoms with E-state index < -0.39 is 5.60 Å². The molecule has 2 rings (SSSR count). The SMILES string of the molecule is COC(=O)COC1(c2ccc(Br)nc2)CCCNC1. The van der Waals surface area contributed by atoms with Gasteiger partial charge in [-0.1, -0.05) is 6.07 Å². The minimum absolute atomic E-state index is 0.0474. The Bertz CT molecular complexity index is 430. The summed E-state index contributed by atoms with van der Waals surface area (Å²) in [6.07, 6.45) is 3.64. The molecule has 2 heterocycles. The van der Waals surface area contributed by atoms with Gasteiger partial charge in [-0.3, -0.25) is 0 Å². The molecule has 1 aromatic heterocycles. The number of hydrogen-bond acceptors (Lipinski definition) is 5. The smallest absolute Gasteiger partial charge is 0.331 e. The molecule has 0 spiro atoms. The number of rotatable bonds is 4. The third-order valence-electron chi connectivity index (χ3n) is 3.29. The lowest BCUT2D eigenvalue weighted by atomic mass is 9.87. The van der Waals surface area contributed by atoms with E-state index >= 15 is 0 Å². The molecule has 0 radical (unpaired) electrons. The van der Waals surface area contributed by atoms with E-state index in [1.54, 1.807) is 6.20 Å². The van der Waals surface area contributed by atoms with Crippen LogP contribution in [-0.4, -0.2) is 37.8 Å². The van der Waals surface area contributed by atoms with E-state index in [2.05, 4.69) is 31.0 Å². The molecule has 1 aliphatic rings. The molecule has 1 saturated heterocycles. The van der Waals surface area contributed by atoms with Crippen LogP contribution in [0.15, 0.2) is 22.9 Å². The second-order valence-corrected chi connectivity index (χ2v) is 5.32. The number of hydrogen-bond donors (Lipinski definition) is 1. The van der Waals surface area contributed by atoms with Gasteiger partial charge in [-0.25, -0.2) is 9.78 Å². The van der Waals surface area contributed by atoms with Crippen LogP contribution in [0.1, 0.15) is 18.4 Å². The van der Waals surface area contributed by atoms with Gasteiger partial charge in [0.05, 0.1) is 7.11 Å². The first-order valence-electron chi connectivity index (χ1n) is 6.20. The minimum Gasteiger partial charge on any atom is -0.467 e. The fraction of sp³-hybridized carbons (Fsp3) is 0.538. The van der Waals surface area contributed by atoms with Crippen LogP contribution in [-0.2, 0) is 19.9 Å². The van der Waals surface area contributed by atoms with E-state index in [4.69, 9.17) is 4.74 Å². The number of ether oxygens (including phenoxy) is 2. The van der Waals surface area contributed by atoms with E-state index in [0.29, 0.717) is 6.54 Å². The molecule has 19 heavy (non-hydrogen) atoms. The summed E-state index contributed by atoms with van der Waals surface area (Å²) in [5.41, 5.74) is 0.479. The standard InChI is InChI=1S/C13H17BrN2O3/c1-18-12(17)8-19-13(5-2-6-15-9-13)10-3-4-11(14)16-7-10/h3-4,7,15H,2,5-6,8-9H2,1H3. The molecule has 1 fully saturated rings. The number of carbonyl (C=O) groups excluding carboxylic acids is 1. The molecule has 6 heteroatoms. The Balaban J connectivity index is 2.18. The Morgan fingerprint density at radius 2 is 2.42 bits per heavy atom. The summed E-state index contributed by atoms with van der Waals surface area (Å²) in [7, 11) is 1.36. The van der Waals surface area contributed by atoms with E-state index in [9.17, 15) is 4.79 Å². The van der Waals surface area contributed by atoms with Gasteiger partial charge in [0.15, 0.2) is 0 Å². The van der Waals surface area contributed by atoms with Crippen molar-refractivity contribution in [2.45, 2.75) is 18.4 Å². The zero-order valence-electron chi connectivity index (χ0n) is 10.8. The summed E-state index contributed by atoms with van der Waals surface area (Å²) < 4.78 is 11.3. The first-order chi connectivity index (χ1) is 9.16. The third-order valence-corrected chi connectivity index (χ3v) is 3.76. The normalized spacial score (nSPS) is 23.1. The molecule has 1 N–H and O–H groups in total. The largest absolute Gasteiger partial charge is 0.467 e. The summed E-state index contributed by atoms with van der Waals surface area (Å²) in [5, 5.41) is 3.31. The van der Waals surface area contributed by atoms with Gasteiger partial charge in [-0.2, -0.15) is 0 Å². The van der Waals surface area contributed by atoms with E-state index in [-0.39, 0.29) is 12.6 Å². The van der Waals surface area contributed by atoms with Crippen molar-refractivity contribution in [1.82, 2.24) is 10.3 Å². The molecule has 104 valence electrons. The van der Waals surface area contributed by atoms with Crippen LogP contribution in [0.4, 0.5) is 0 Å². The summed E-state index contributed by atoms with van der Waals surface area (Å²) in [4.78, 5) is 15.5. The maximum absolute atomic E-state index is 11.3. The van der Waals surface area contributed by atoms with Crippen molar-refractivity contribution in [2.24, 2.45) is 0 Å². The number of piperidine rings is 1. The van der Waals surface area contributed by atoms with E-state index in [1.807, 2.05) is 12.1 Å². The average molecular weight is 329 g/mol. The number of esters is 1. The lowest BCUT2D eigenvalue weighted by molar-refractivity contribution is -0.155. The number of halogens is 1. The van der Waals surface area contributed by atoms with Gasteiger partial charge in [0, 0.05) is 18.3 Å². The van der Waals surface area contributed by atoms with Crippen molar-refractivity contribution in [3.8, 4) is 0 Å². The minimum atomic E-state index is -0.500. The summed E-state index contributed by atoms with van der Waals surface area (Å²) in [5.74, 6) is -0.366. The molecule has 0 amide bonds. The molecule has 5 nitrogen and oxygen atoms in total. The number of nitrogens with one attached hydrogen (secondary N) is 1. The number of nitrogens with zero attached hydrogens (tertiary/aromatic N) is 1. The van der Waals surface area contributed by atoms with Crippen molar-refractivity contribution in [3.05, 3.63) is 28.5 Å². The van der Waals surface area contributed by atoms with Gasteiger partial charge in [-0.15, -0.1) is 0 Å². The highest BCUT2D eigenvalue weighted by molar-refractivity contribution is 9.10. The molecule has 1 aromatic rings. The summed E-state index contributed by atoms with van der Waals surface area (Å²) in [6.45, 7) is 1.59. The Labute approximate surface area is 120 Å². The second kappa shape index (κ2) is 6.45. The van der Waals surface area contributed by atoms with E-state index in [0.717, 1.165) is 29.6 Å². The Kier molecular flexibility index (Phi) is 4.90. The lowest BCUT2D eigenvalue weighted by Gasteiger charge is -2.37. The van der Waals surface area contributed by atoms with Crippen LogP contribution >= 0.6 is 15.9 Å². The van der Waals surface area contributed by atoms with Crippen LogP contribution < -0.4 is 5.32 Å². The molecule has 0 aromatic carbocycles. The van der Waals surface area contributed by atoms with Crippen LogP contribution in [0.2, 0.25) is 0 Å². The molecule has 0 saturated carbocycles. The predicted octanol–water partition coefficient (Wildman–Crippen LogP) is 1.61. The first-order valence-corrected chi connectivity index (χ1v) is 6.99. The lowest BCUT2D eigenvalue weighted by Crippen LogP contribution is -2.46. The average Bonchev–Trinajstić information content (AvgIpc) is 2.46. The van der Waals surface area contributed by atoms with Crippen molar-refractivity contribution < 1.29 is 14.3 Å². The Hall–Kier alpha value is -0.980. The second-order valence-electron chi connectivity index (χ2n) is 4.51. The van der Waals surface area contributed by atoms with Gasteiger partial charge in [0.25, 0.3) is 0 Å². The molecule has 1 atom stereocenters. The van der Waals surface area contributed by atoms with Crippen LogP contribution in [0.5, 0.6) is 0 Å². The van der Waals surface area contributed by atoms with Gasteiger partial charge >= 0.3 is 5.97 Å². The number of methoxy groups -OCH3 is 1. The van der Waals surface area contributed by atoms with Crippen molar-refractivity contribution >= 4 is 21.9 Å². The highest BCUT2D eigenvalue weighted by Crippen LogP contribution is 2.32. The van der Waals surface area contributed by atoms with Gasteiger partial charge in [0.2, 0.25) is 0 Å². The van der Waals surface area contributed by atoms with Crippen molar-refractivity contribution in [2.75, 3.05) is 26.8 Å². The number of aromatic nitrogens is 1. The Morgan fingerprint density at radius 1 is 1.58 bits per heavy atom. The maximum Gasteiger partial charge on any atom is 0.331 e. The van der Waals surface area contributed by atoms with Crippen molar-refractivity contribution in [1.29, 1.82) is 0 Å². The fourth-order valence-corrected chi connectivity index (χ4v) is 2.47. The quantitative estimate of drug-likeness (QED) is 0.672. The predicted molar refractivity (Wildman–Crippen MR) is 73.7 cm³/mol. The molecule has 0 bridgehead atoms. The molecule has 1 unspecified atom stereocenters. The van der Waals surface area contributed by atoms with Crippen LogP contribution in [0.3, 0.4) is 0 Å². The number of carbonyl (C=O) groups is 1. The summed E-state index contributed by atoms with van der Waals surface area (Å²) in [6, 6.07) is 3.86. The molecule has 0 aliphatic carbocycles. The van der Waals surface area contributed by atoms with Crippen LogP contribution in [0, 0.1) is 0 Å². The van der Waals surface area contributed by atoms with Gasteiger partial charge in [0.1, 0.15) is 16.8 Å². The fourth-order valence-electron chi connectivity index (χ4n) is 2.23. The van der Waals surface area contributed by atoms with Gasteiger partial charge < -0.3 is 14.8 Å². The van der Waals surface area contributed by atoms with E-state index in [1.165, 1.54) is 7.11 Å². The number of pyridine rings is 1. The molecular formula is C13H17BrN2O3. The zero-order chi connectivity index (χ0) is 13.7. The topological polar surface area (TPSA) is 60.5 Å². The monoisotopic (exact) mass is 328 g/mol. The summed E-state index contributed by atoms with van der Waals surface area (Å²) >= 11 is 3.32. The van der Waals surface area contributed by atoms with Crippen molar-refractivity contribution in [3.63, 3.8) is 0 Å².